The van der Waals surface area contributed by atoms with Crippen molar-refractivity contribution >= 4 is 5.88 Å². The Labute approximate surface area is 206 Å². The molecule has 190 valence electrons. The van der Waals surface area contributed by atoms with Crippen LogP contribution in [0.5, 0.6) is 0 Å². The van der Waals surface area contributed by atoms with E-state index in [9.17, 15) is 5.11 Å². The average molecular weight is 486 g/mol. The highest BCUT2D eigenvalue weighted by molar-refractivity contribution is 5.68. The Balaban J connectivity index is 1.49. The number of nitrogens with zero attached hydrogens (tertiary/aromatic N) is 3. The minimum Gasteiger partial charge on any atom is -0.467 e. The normalized spacial score (nSPS) is 15.1. The first kappa shape index (κ1) is 25.4. The molecule has 0 radical (unpaired) electrons. The van der Waals surface area contributed by atoms with Gasteiger partial charge in [-0.15, -0.1) is 0 Å². The van der Waals surface area contributed by atoms with Crippen LogP contribution in [0.3, 0.4) is 0 Å². The Bertz CT molecular complexity index is 972. The van der Waals surface area contributed by atoms with Gasteiger partial charge in [-0.2, -0.15) is 0 Å². The van der Waals surface area contributed by atoms with Gasteiger partial charge in [0, 0.05) is 52.0 Å². The van der Waals surface area contributed by atoms with Crippen LogP contribution in [0.1, 0.15) is 17.7 Å². The SMILES string of the molecule is COCCCN(Cc1c(-c2ccccc2)noc1N1CCOCC1)C[C@H](O)COCc1ccco1. The second kappa shape index (κ2) is 13.4. The highest BCUT2D eigenvalue weighted by atomic mass is 16.5. The number of morpholine rings is 1. The van der Waals surface area contributed by atoms with E-state index in [1.807, 2.05) is 42.5 Å². The molecule has 35 heavy (non-hydrogen) atoms. The van der Waals surface area contributed by atoms with Gasteiger partial charge in [-0.3, -0.25) is 4.90 Å². The van der Waals surface area contributed by atoms with Crippen LogP contribution in [0.15, 0.2) is 57.7 Å². The zero-order chi connectivity index (χ0) is 24.3. The molecule has 1 fully saturated rings. The van der Waals surface area contributed by atoms with Crippen LogP contribution in [0.2, 0.25) is 0 Å². The Morgan fingerprint density at radius 3 is 2.71 bits per heavy atom. The molecule has 4 rings (SSSR count). The number of furan rings is 1. The van der Waals surface area contributed by atoms with Crippen molar-refractivity contribution in [3.8, 4) is 11.3 Å². The van der Waals surface area contributed by atoms with Crippen LogP contribution >= 0.6 is 0 Å². The van der Waals surface area contributed by atoms with E-state index in [0.29, 0.717) is 39.5 Å². The number of methoxy groups -OCH3 is 1. The van der Waals surface area contributed by atoms with Gasteiger partial charge in [-0.1, -0.05) is 35.5 Å². The van der Waals surface area contributed by atoms with Crippen LogP contribution in [0, 0.1) is 0 Å². The maximum atomic E-state index is 10.7. The van der Waals surface area contributed by atoms with E-state index in [1.165, 1.54) is 0 Å². The van der Waals surface area contributed by atoms with E-state index in [1.54, 1.807) is 13.4 Å². The summed E-state index contributed by atoms with van der Waals surface area (Å²) in [5, 5.41) is 15.2. The number of hydrogen-bond acceptors (Lipinski definition) is 9. The summed E-state index contributed by atoms with van der Waals surface area (Å²) in [6.07, 6.45) is 1.80. The molecule has 1 aliphatic heterocycles. The zero-order valence-corrected chi connectivity index (χ0v) is 20.3. The van der Waals surface area contributed by atoms with E-state index in [2.05, 4.69) is 15.0 Å². The van der Waals surface area contributed by atoms with Crippen LogP contribution < -0.4 is 4.90 Å². The number of aromatic nitrogens is 1. The van der Waals surface area contributed by atoms with Crippen molar-refractivity contribution in [3.63, 3.8) is 0 Å². The monoisotopic (exact) mass is 485 g/mol. The molecule has 9 nitrogen and oxygen atoms in total. The summed E-state index contributed by atoms with van der Waals surface area (Å²) in [5.41, 5.74) is 2.84. The lowest BCUT2D eigenvalue weighted by Crippen LogP contribution is -2.38. The highest BCUT2D eigenvalue weighted by Crippen LogP contribution is 2.33. The fourth-order valence-corrected chi connectivity index (χ4v) is 4.21. The standard InChI is InChI=1S/C26H35N3O6/c1-31-13-6-10-28(17-22(30)19-33-20-23-9-5-14-34-23)18-24-25(21-7-3-2-4-8-21)27-35-26(24)29-11-15-32-16-12-29/h2-5,7-9,14,22,30H,6,10-13,15-20H2,1H3/t22-/m0/s1. The largest absolute Gasteiger partial charge is 0.467 e. The van der Waals surface area contributed by atoms with Crippen LogP contribution in [-0.2, 0) is 27.4 Å². The maximum absolute atomic E-state index is 10.7. The Hall–Kier alpha value is -2.69. The van der Waals surface area contributed by atoms with Gasteiger partial charge in [0.25, 0.3) is 0 Å². The second-order valence-corrected chi connectivity index (χ2v) is 8.61. The molecule has 1 aliphatic rings. The molecule has 0 saturated carbocycles. The minimum absolute atomic E-state index is 0.215. The predicted molar refractivity (Wildman–Crippen MR) is 131 cm³/mol. The quantitative estimate of drug-likeness (QED) is 0.346. The number of benzene rings is 1. The molecule has 0 spiro atoms. The first-order chi connectivity index (χ1) is 17.2. The van der Waals surface area contributed by atoms with Gasteiger partial charge in [-0.25, -0.2) is 0 Å². The molecule has 0 unspecified atom stereocenters. The van der Waals surface area contributed by atoms with Crippen molar-refractivity contribution in [2.24, 2.45) is 0 Å². The van der Waals surface area contributed by atoms with Crippen molar-refractivity contribution in [2.75, 3.05) is 64.6 Å². The third kappa shape index (κ3) is 7.39. The summed E-state index contributed by atoms with van der Waals surface area (Å²) in [6, 6.07) is 13.7. The number of ether oxygens (including phenoxy) is 3. The lowest BCUT2D eigenvalue weighted by molar-refractivity contribution is 0.00282. The van der Waals surface area contributed by atoms with Gasteiger partial charge in [0.1, 0.15) is 18.1 Å². The molecule has 3 heterocycles. The fourth-order valence-electron chi connectivity index (χ4n) is 4.21. The molecule has 0 bridgehead atoms. The predicted octanol–water partition coefficient (Wildman–Crippen LogP) is 3.19. The number of hydrogen-bond donors (Lipinski definition) is 1. The first-order valence-electron chi connectivity index (χ1n) is 12.1. The topological polar surface area (TPSA) is 93.6 Å². The molecule has 1 aromatic carbocycles. The van der Waals surface area contributed by atoms with Crippen molar-refractivity contribution in [3.05, 3.63) is 60.1 Å². The minimum atomic E-state index is -0.653. The van der Waals surface area contributed by atoms with Gasteiger partial charge >= 0.3 is 0 Å². The molecule has 9 heteroatoms. The number of rotatable bonds is 14. The average Bonchev–Trinajstić information content (AvgIpc) is 3.55. The van der Waals surface area contributed by atoms with Gasteiger partial charge < -0.3 is 33.2 Å². The maximum Gasteiger partial charge on any atom is 0.232 e. The third-order valence-electron chi connectivity index (χ3n) is 5.92. The second-order valence-electron chi connectivity index (χ2n) is 8.61. The molecule has 0 amide bonds. The summed E-state index contributed by atoms with van der Waals surface area (Å²) in [7, 11) is 1.70. The number of anilines is 1. The Morgan fingerprint density at radius 1 is 1.14 bits per heavy atom. The fraction of sp³-hybridized carbons (Fsp3) is 0.500. The molecular weight excluding hydrogens is 450 g/mol. The molecule has 0 aliphatic carbocycles. The number of aliphatic hydroxyl groups is 1. The first-order valence-corrected chi connectivity index (χ1v) is 12.1. The lowest BCUT2D eigenvalue weighted by Gasteiger charge is -2.29. The third-order valence-corrected chi connectivity index (χ3v) is 5.92. The molecule has 1 N–H and O–H groups in total. The zero-order valence-electron chi connectivity index (χ0n) is 20.3. The van der Waals surface area contributed by atoms with Crippen molar-refractivity contribution in [1.29, 1.82) is 0 Å². The molecule has 1 atom stereocenters. The summed E-state index contributed by atoms with van der Waals surface area (Å²) in [5.74, 6) is 1.51. The lowest BCUT2D eigenvalue weighted by atomic mass is 10.1. The molecule has 1 saturated heterocycles. The van der Waals surface area contributed by atoms with E-state index >= 15 is 0 Å². The van der Waals surface area contributed by atoms with E-state index in [-0.39, 0.29) is 6.61 Å². The summed E-state index contributed by atoms with van der Waals surface area (Å²) >= 11 is 0. The van der Waals surface area contributed by atoms with E-state index in [4.69, 9.17) is 23.2 Å². The van der Waals surface area contributed by atoms with Gasteiger partial charge in [0.15, 0.2) is 0 Å². The smallest absolute Gasteiger partial charge is 0.232 e. The van der Waals surface area contributed by atoms with Gasteiger partial charge in [-0.05, 0) is 18.6 Å². The van der Waals surface area contributed by atoms with Crippen LogP contribution in [0.25, 0.3) is 11.3 Å². The summed E-state index contributed by atoms with van der Waals surface area (Å²) < 4.78 is 27.7. The highest BCUT2D eigenvalue weighted by Gasteiger charge is 2.26. The van der Waals surface area contributed by atoms with Gasteiger partial charge in [0.05, 0.1) is 37.8 Å². The van der Waals surface area contributed by atoms with Crippen molar-refractivity contribution in [2.45, 2.75) is 25.7 Å². The summed E-state index contributed by atoms with van der Waals surface area (Å²) in [6.45, 7) is 5.80. The Kier molecular flexibility index (Phi) is 9.74. The van der Waals surface area contributed by atoms with Crippen molar-refractivity contribution < 1.29 is 28.3 Å². The Morgan fingerprint density at radius 2 is 1.97 bits per heavy atom. The molecular formula is C26H35N3O6. The summed E-state index contributed by atoms with van der Waals surface area (Å²) in [4.78, 5) is 4.40. The number of aliphatic hydroxyl groups excluding tert-OH is 1. The van der Waals surface area contributed by atoms with Crippen molar-refractivity contribution in [1.82, 2.24) is 10.1 Å². The molecule has 3 aromatic rings. The molecule has 2 aromatic heterocycles. The van der Waals surface area contributed by atoms with Crippen LogP contribution in [-0.4, -0.2) is 81.0 Å². The van der Waals surface area contributed by atoms with Gasteiger partial charge in [0.2, 0.25) is 5.88 Å². The van der Waals surface area contributed by atoms with E-state index in [0.717, 1.165) is 54.5 Å². The van der Waals surface area contributed by atoms with E-state index < -0.39 is 6.10 Å². The van der Waals surface area contributed by atoms with Crippen LogP contribution in [0.4, 0.5) is 5.88 Å².